The molecule has 0 saturated carbocycles. The third-order valence-corrected chi connectivity index (χ3v) is 2.62. The van der Waals surface area contributed by atoms with Gasteiger partial charge in [0.1, 0.15) is 5.75 Å². The summed E-state index contributed by atoms with van der Waals surface area (Å²) in [5, 5.41) is 8.64. The SMILES string of the molecule is CCCOc1ccc(OC(=O)Oc2ccc(C#N)cc2F)nc1. The van der Waals surface area contributed by atoms with Gasteiger partial charge in [-0.1, -0.05) is 6.92 Å². The summed E-state index contributed by atoms with van der Waals surface area (Å²) in [7, 11) is 0. The number of nitrogens with zero attached hydrogens (tertiary/aromatic N) is 2. The van der Waals surface area contributed by atoms with Gasteiger partial charge in [-0.2, -0.15) is 5.26 Å². The number of pyridine rings is 1. The zero-order valence-electron chi connectivity index (χ0n) is 12.3. The normalized spacial score (nSPS) is 9.78. The van der Waals surface area contributed by atoms with Gasteiger partial charge >= 0.3 is 6.16 Å². The second-order valence-electron chi connectivity index (χ2n) is 4.39. The highest BCUT2D eigenvalue weighted by Gasteiger charge is 2.13. The number of halogens is 1. The number of hydrogen-bond acceptors (Lipinski definition) is 6. The number of benzene rings is 1. The maximum Gasteiger partial charge on any atom is 0.520 e. The zero-order chi connectivity index (χ0) is 16.7. The lowest BCUT2D eigenvalue weighted by molar-refractivity contribution is 0.148. The fraction of sp³-hybridized carbons (Fsp3) is 0.188. The van der Waals surface area contributed by atoms with E-state index in [1.807, 2.05) is 6.92 Å². The molecule has 0 aliphatic rings. The molecule has 1 aromatic heterocycles. The Morgan fingerprint density at radius 1 is 1.30 bits per heavy atom. The van der Waals surface area contributed by atoms with Crippen LogP contribution < -0.4 is 14.2 Å². The molecule has 2 rings (SSSR count). The lowest BCUT2D eigenvalue weighted by Gasteiger charge is -2.07. The van der Waals surface area contributed by atoms with Crippen LogP contribution in [0.1, 0.15) is 18.9 Å². The molecule has 0 bridgehead atoms. The molecule has 0 radical (unpaired) electrons. The minimum absolute atomic E-state index is 0.00657. The third-order valence-electron chi connectivity index (χ3n) is 2.62. The highest BCUT2D eigenvalue weighted by molar-refractivity contribution is 5.66. The Morgan fingerprint density at radius 3 is 2.74 bits per heavy atom. The Bertz CT molecular complexity index is 726. The van der Waals surface area contributed by atoms with E-state index in [2.05, 4.69) is 4.98 Å². The predicted molar refractivity (Wildman–Crippen MR) is 77.8 cm³/mol. The van der Waals surface area contributed by atoms with Crippen molar-refractivity contribution in [1.82, 2.24) is 4.98 Å². The topological polar surface area (TPSA) is 81.4 Å². The van der Waals surface area contributed by atoms with E-state index in [0.29, 0.717) is 12.4 Å². The molecule has 0 unspecified atom stereocenters. The van der Waals surface area contributed by atoms with Gasteiger partial charge in [0, 0.05) is 6.07 Å². The molecule has 0 spiro atoms. The van der Waals surface area contributed by atoms with Crippen molar-refractivity contribution >= 4 is 6.16 Å². The smallest absolute Gasteiger partial charge is 0.492 e. The summed E-state index contributed by atoms with van der Waals surface area (Å²) in [4.78, 5) is 15.5. The van der Waals surface area contributed by atoms with Crippen molar-refractivity contribution < 1.29 is 23.4 Å². The molecule has 0 aliphatic carbocycles. The molecule has 0 N–H and O–H groups in total. The minimum atomic E-state index is -1.14. The van der Waals surface area contributed by atoms with Crippen LogP contribution in [0, 0.1) is 17.1 Å². The van der Waals surface area contributed by atoms with Crippen molar-refractivity contribution in [3.63, 3.8) is 0 Å². The van der Waals surface area contributed by atoms with Crippen LogP contribution in [0.25, 0.3) is 0 Å². The molecule has 0 atom stereocenters. The van der Waals surface area contributed by atoms with Gasteiger partial charge in [0.15, 0.2) is 11.6 Å². The molecule has 1 heterocycles. The number of nitriles is 1. The number of rotatable bonds is 5. The Labute approximate surface area is 132 Å². The van der Waals surface area contributed by atoms with Crippen LogP contribution in [-0.2, 0) is 0 Å². The summed E-state index contributed by atoms with van der Waals surface area (Å²) in [5.74, 6) is -0.632. The molecule has 23 heavy (non-hydrogen) atoms. The Morgan fingerprint density at radius 2 is 2.13 bits per heavy atom. The van der Waals surface area contributed by atoms with Gasteiger partial charge in [0.05, 0.1) is 24.4 Å². The molecule has 1 aromatic carbocycles. The van der Waals surface area contributed by atoms with Crippen molar-refractivity contribution in [1.29, 1.82) is 5.26 Å². The monoisotopic (exact) mass is 316 g/mol. The van der Waals surface area contributed by atoms with E-state index >= 15 is 0 Å². The maximum atomic E-state index is 13.6. The van der Waals surface area contributed by atoms with Crippen LogP contribution >= 0.6 is 0 Å². The van der Waals surface area contributed by atoms with Gasteiger partial charge in [-0.3, -0.25) is 0 Å². The first kappa shape index (κ1) is 16.2. The minimum Gasteiger partial charge on any atom is -0.492 e. The van der Waals surface area contributed by atoms with Gasteiger partial charge in [-0.15, -0.1) is 0 Å². The fourth-order valence-electron chi connectivity index (χ4n) is 1.58. The first-order valence-electron chi connectivity index (χ1n) is 6.80. The molecule has 6 nitrogen and oxygen atoms in total. The molecule has 2 aromatic rings. The second kappa shape index (κ2) is 7.75. The highest BCUT2D eigenvalue weighted by atomic mass is 19.1. The van der Waals surface area contributed by atoms with Crippen LogP contribution in [0.15, 0.2) is 36.5 Å². The van der Waals surface area contributed by atoms with Crippen molar-refractivity contribution in [3.8, 4) is 23.4 Å². The number of ether oxygens (including phenoxy) is 3. The van der Waals surface area contributed by atoms with Crippen LogP contribution in [-0.4, -0.2) is 17.7 Å². The maximum absolute atomic E-state index is 13.6. The van der Waals surface area contributed by atoms with E-state index in [9.17, 15) is 9.18 Å². The zero-order valence-corrected chi connectivity index (χ0v) is 12.3. The lowest BCUT2D eigenvalue weighted by Crippen LogP contribution is -2.15. The second-order valence-corrected chi connectivity index (χ2v) is 4.39. The summed E-state index contributed by atoms with van der Waals surface area (Å²) in [5.41, 5.74) is 0.118. The average molecular weight is 316 g/mol. The molecule has 118 valence electrons. The molecule has 0 amide bonds. The average Bonchev–Trinajstić information content (AvgIpc) is 2.56. The Hall–Kier alpha value is -3.14. The van der Waals surface area contributed by atoms with E-state index in [-0.39, 0.29) is 17.2 Å². The Balaban J connectivity index is 1.95. The van der Waals surface area contributed by atoms with Crippen molar-refractivity contribution in [3.05, 3.63) is 47.9 Å². The Kier molecular flexibility index (Phi) is 5.47. The van der Waals surface area contributed by atoms with Crippen LogP contribution in [0.4, 0.5) is 9.18 Å². The quantitative estimate of drug-likeness (QED) is 0.620. The van der Waals surface area contributed by atoms with Crippen LogP contribution in [0.2, 0.25) is 0 Å². The number of carbonyl (C=O) groups is 1. The largest absolute Gasteiger partial charge is 0.520 e. The van der Waals surface area contributed by atoms with E-state index in [0.717, 1.165) is 12.5 Å². The van der Waals surface area contributed by atoms with Crippen molar-refractivity contribution in [2.75, 3.05) is 6.61 Å². The van der Waals surface area contributed by atoms with E-state index < -0.39 is 12.0 Å². The molecular weight excluding hydrogens is 303 g/mol. The van der Waals surface area contributed by atoms with Crippen molar-refractivity contribution in [2.24, 2.45) is 0 Å². The first-order chi connectivity index (χ1) is 11.1. The summed E-state index contributed by atoms with van der Waals surface area (Å²) in [6, 6.07) is 8.25. The van der Waals surface area contributed by atoms with Crippen LogP contribution in [0.5, 0.6) is 17.4 Å². The van der Waals surface area contributed by atoms with Crippen LogP contribution in [0.3, 0.4) is 0 Å². The number of aromatic nitrogens is 1. The van der Waals surface area contributed by atoms with Gasteiger partial charge in [0.25, 0.3) is 0 Å². The summed E-state index contributed by atoms with van der Waals surface area (Å²) in [6.07, 6.45) is 1.13. The summed E-state index contributed by atoms with van der Waals surface area (Å²) in [6.45, 7) is 2.53. The van der Waals surface area contributed by atoms with Gasteiger partial charge in [0.2, 0.25) is 5.88 Å². The number of hydrogen-bond donors (Lipinski definition) is 0. The molecular formula is C16H13FN2O4. The summed E-state index contributed by atoms with van der Waals surface area (Å²) < 4.78 is 28.5. The van der Waals surface area contributed by atoms with E-state index in [4.69, 9.17) is 19.5 Å². The highest BCUT2D eigenvalue weighted by Crippen LogP contribution is 2.19. The third kappa shape index (κ3) is 4.68. The van der Waals surface area contributed by atoms with E-state index in [1.165, 1.54) is 24.4 Å². The molecule has 7 heteroatoms. The standard InChI is InChI=1S/C16H13FN2O4/c1-2-7-21-12-4-6-15(19-10-12)23-16(20)22-14-5-3-11(9-18)8-13(14)17/h3-6,8,10H,2,7H2,1H3. The van der Waals surface area contributed by atoms with Crippen molar-refractivity contribution in [2.45, 2.75) is 13.3 Å². The van der Waals surface area contributed by atoms with Gasteiger partial charge in [-0.25, -0.2) is 14.2 Å². The van der Waals surface area contributed by atoms with E-state index in [1.54, 1.807) is 12.1 Å². The summed E-state index contributed by atoms with van der Waals surface area (Å²) >= 11 is 0. The molecule has 0 fully saturated rings. The van der Waals surface area contributed by atoms with Gasteiger partial charge < -0.3 is 14.2 Å². The molecule has 0 saturated heterocycles. The van der Waals surface area contributed by atoms with Gasteiger partial charge in [-0.05, 0) is 30.7 Å². The molecule has 0 aliphatic heterocycles. The first-order valence-corrected chi connectivity index (χ1v) is 6.80. The number of carbonyl (C=O) groups excluding carboxylic acids is 1. The lowest BCUT2D eigenvalue weighted by atomic mass is 10.2. The fourth-order valence-corrected chi connectivity index (χ4v) is 1.58. The predicted octanol–water partition coefficient (Wildman–Crippen LogP) is 3.46.